The van der Waals surface area contributed by atoms with Gasteiger partial charge in [0, 0.05) is 10.5 Å². The topological polar surface area (TPSA) is 29.1 Å². The predicted octanol–water partition coefficient (Wildman–Crippen LogP) is 4.04. The molecule has 108 valence electrons. The Morgan fingerprint density at radius 1 is 1.19 bits per heavy atom. The Hall–Kier alpha value is -1.45. The van der Waals surface area contributed by atoms with E-state index in [2.05, 4.69) is 11.4 Å². The van der Waals surface area contributed by atoms with Crippen LogP contribution in [0.15, 0.2) is 53.4 Å². The lowest BCUT2D eigenvalue weighted by Gasteiger charge is -2.17. The maximum absolute atomic E-state index is 12.4. The van der Waals surface area contributed by atoms with Crippen molar-refractivity contribution >= 4 is 29.3 Å². The number of carbonyl (C=O) groups excluding carboxylic acids is 1. The van der Waals surface area contributed by atoms with E-state index >= 15 is 0 Å². The first kappa shape index (κ1) is 14.5. The minimum absolute atomic E-state index is 0.0741. The van der Waals surface area contributed by atoms with Gasteiger partial charge in [-0.2, -0.15) is 0 Å². The molecular weight excluding hydrogens is 302 g/mol. The SMILES string of the molecule is CSc1ccc(C(=O)NC2c3ccccc3CC2Cl)cc1. The third-order valence-corrected chi connectivity index (χ3v) is 4.96. The van der Waals surface area contributed by atoms with Gasteiger partial charge >= 0.3 is 0 Å². The fourth-order valence-corrected chi connectivity index (χ4v) is 3.45. The number of halogens is 1. The lowest BCUT2D eigenvalue weighted by molar-refractivity contribution is 0.0937. The summed E-state index contributed by atoms with van der Waals surface area (Å²) in [4.78, 5) is 13.5. The van der Waals surface area contributed by atoms with Gasteiger partial charge in [-0.25, -0.2) is 0 Å². The Kier molecular flexibility index (Phi) is 4.22. The maximum Gasteiger partial charge on any atom is 0.251 e. The molecule has 3 rings (SSSR count). The average Bonchev–Trinajstić information content (AvgIpc) is 2.83. The first-order valence-corrected chi connectivity index (χ1v) is 8.52. The molecule has 2 unspecified atom stereocenters. The molecule has 2 aromatic carbocycles. The Morgan fingerprint density at radius 3 is 2.62 bits per heavy atom. The summed E-state index contributed by atoms with van der Waals surface area (Å²) in [5.74, 6) is -0.0741. The van der Waals surface area contributed by atoms with Crippen LogP contribution in [0.25, 0.3) is 0 Å². The van der Waals surface area contributed by atoms with Gasteiger partial charge in [-0.05, 0) is 48.1 Å². The van der Waals surface area contributed by atoms with Crippen molar-refractivity contribution in [3.8, 4) is 0 Å². The molecule has 0 radical (unpaired) electrons. The van der Waals surface area contributed by atoms with E-state index in [1.54, 1.807) is 11.8 Å². The van der Waals surface area contributed by atoms with Crippen LogP contribution in [0.1, 0.15) is 27.5 Å². The molecule has 0 fully saturated rings. The summed E-state index contributed by atoms with van der Waals surface area (Å²) in [6.07, 6.45) is 2.82. The molecule has 1 aliphatic carbocycles. The molecule has 0 aromatic heterocycles. The van der Waals surface area contributed by atoms with E-state index in [1.165, 1.54) is 5.56 Å². The van der Waals surface area contributed by atoms with Crippen molar-refractivity contribution in [3.05, 3.63) is 65.2 Å². The van der Waals surface area contributed by atoms with Crippen molar-refractivity contribution in [2.45, 2.75) is 22.7 Å². The van der Waals surface area contributed by atoms with E-state index in [9.17, 15) is 4.79 Å². The third kappa shape index (κ3) is 2.94. The van der Waals surface area contributed by atoms with Gasteiger partial charge in [0.1, 0.15) is 0 Å². The van der Waals surface area contributed by atoms with E-state index in [1.807, 2.05) is 48.7 Å². The number of carbonyl (C=O) groups is 1. The zero-order valence-electron chi connectivity index (χ0n) is 11.7. The van der Waals surface area contributed by atoms with Crippen molar-refractivity contribution in [2.75, 3.05) is 6.26 Å². The molecule has 2 atom stereocenters. The van der Waals surface area contributed by atoms with E-state index in [0.29, 0.717) is 5.56 Å². The Balaban J connectivity index is 1.78. The number of benzene rings is 2. The van der Waals surface area contributed by atoms with Gasteiger partial charge in [0.15, 0.2) is 0 Å². The lowest BCUT2D eigenvalue weighted by Crippen LogP contribution is -2.31. The van der Waals surface area contributed by atoms with Crippen LogP contribution in [0.3, 0.4) is 0 Å². The van der Waals surface area contributed by atoms with Gasteiger partial charge < -0.3 is 5.32 Å². The van der Waals surface area contributed by atoms with Crippen molar-refractivity contribution in [1.29, 1.82) is 0 Å². The number of amides is 1. The van der Waals surface area contributed by atoms with Crippen LogP contribution in [-0.4, -0.2) is 17.5 Å². The molecule has 1 N–H and O–H groups in total. The third-order valence-electron chi connectivity index (χ3n) is 3.81. The smallest absolute Gasteiger partial charge is 0.251 e. The molecule has 0 saturated carbocycles. The maximum atomic E-state index is 12.4. The van der Waals surface area contributed by atoms with E-state index in [-0.39, 0.29) is 17.3 Å². The normalized spacial score (nSPS) is 20.1. The summed E-state index contributed by atoms with van der Waals surface area (Å²) in [5.41, 5.74) is 3.02. The number of alkyl halides is 1. The first-order valence-electron chi connectivity index (χ1n) is 6.86. The van der Waals surface area contributed by atoms with Crippen LogP contribution in [0, 0.1) is 0 Å². The summed E-state index contributed by atoms with van der Waals surface area (Å²) in [7, 11) is 0. The van der Waals surface area contributed by atoms with Gasteiger partial charge in [0.2, 0.25) is 0 Å². The van der Waals surface area contributed by atoms with Gasteiger partial charge in [-0.1, -0.05) is 24.3 Å². The van der Waals surface area contributed by atoms with Gasteiger partial charge in [0.05, 0.1) is 11.4 Å². The van der Waals surface area contributed by atoms with Crippen LogP contribution < -0.4 is 5.32 Å². The molecule has 4 heteroatoms. The monoisotopic (exact) mass is 317 g/mol. The van der Waals surface area contributed by atoms with Crippen molar-refractivity contribution in [3.63, 3.8) is 0 Å². The molecule has 0 saturated heterocycles. The standard InChI is InChI=1S/C17H16ClNOS/c1-21-13-8-6-11(7-9-13)17(20)19-16-14-5-3-2-4-12(14)10-15(16)18/h2-9,15-16H,10H2,1H3,(H,19,20). The second kappa shape index (κ2) is 6.12. The Bertz CT molecular complexity index is 656. The highest BCUT2D eigenvalue weighted by molar-refractivity contribution is 7.98. The second-order valence-electron chi connectivity index (χ2n) is 5.10. The highest BCUT2D eigenvalue weighted by Crippen LogP contribution is 2.34. The van der Waals surface area contributed by atoms with E-state index in [0.717, 1.165) is 16.9 Å². The van der Waals surface area contributed by atoms with Crippen molar-refractivity contribution in [1.82, 2.24) is 5.32 Å². The summed E-state index contributed by atoms with van der Waals surface area (Å²) < 4.78 is 0. The molecular formula is C17H16ClNOS. The molecule has 2 aromatic rings. The van der Waals surface area contributed by atoms with Crippen LogP contribution in [-0.2, 0) is 6.42 Å². The molecule has 2 nitrogen and oxygen atoms in total. The number of hydrogen-bond donors (Lipinski definition) is 1. The van der Waals surface area contributed by atoms with E-state index in [4.69, 9.17) is 11.6 Å². The van der Waals surface area contributed by atoms with Crippen LogP contribution in [0.2, 0.25) is 0 Å². The quantitative estimate of drug-likeness (QED) is 0.683. The average molecular weight is 318 g/mol. The zero-order chi connectivity index (χ0) is 14.8. The van der Waals surface area contributed by atoms with Gasteiger partial charge in [-0.15, -0.1) is 23.4 Å². The highest BCUT2D eigenvalue weighted by atomic mass is 35.5. The number of fused-ring (bicyclic) bond motifs is 1. The Labute approximate surface area is 133 Å². The van der Waals surface area contributed by atoms with Crippen molar-refractivity contribution < 1.29 is 4.79 Å². The van der Waals surface area contributed by atoms with Crippen LogP contribution in [0.4, 0.5) is 0 Å². The fraction of sp³-hybridized carbons (Fsp3) is 0.235. The largest absolute Gasteiger partial charge is 0.344 e. The predicted molar refractivity (Wildman–Crippen MR) is 88.2 cm³/mol. The zero-order valence-corrected chi connectivity index (χ0v) is 13.2. The van der Waals surface area contributed by atoms with Crippen LogP contribution >= 0.6 is 23.4 Å². The molecule has 21 heavy (non-hydrogen) atoms. The van der Waals surface area contributed by atoms with E-state index < -0.39 is 0 Å². The number of hydrogen-bond acceptors (Lipinski definition) is 2. The number of nitrogens with one attached hydrogen (secondary N) is 1. The summed E-state index contributed by atoms with van der Waals surface area (Å²) >= 11 is 8.07. The molecule has 0 bridgehead atoms. The molecule has 0 spiro atoms. The fourth-order valence-electron chi connectivity index (χ4n) is 2.68. The number of rotatable bonds is 3. The highest BCUT2D eigenvalue weighted by Gasteiger charge is 2.31. The lowest BCUT2D eigenvalue weighted by atomic mass is 10.1. The molecule has 1 aliphatic rings. The molecule has 1 amide bonds. The molecule has 0 heterocycles. The first-order chi connectivity index (χ1) is 10.2. The van der Waals surface area contributed by atoms with Gasteiger partial charge in [-0.3, -0.25) is 4.79 Å². The minimum atomic E-state index is -0.115. The summed E-state index contributed by atoms with van der Waals surface area (Å²) in [6, 6.07) is 15.6. The summed E-state index contributed by atoms with van der Waals surface area (Å²) in [5, 5.41) is 2.97. The minimum Gasteiger partial charge on any atom is -0.344 e. The van der Waals surface area contributed by atoms with Gasteiger partial charge in [0.25, 0.3) is 5.91 Å². The number of thioether (sulfide) groups is 1. The summed E-state index contributed by atoms with van der Waals surface area (Å²) in [6.45, 7) is 0. The van der Waals surface area contributed by atoms with Crippen LogP contribution in [0.5, 0.6) is 0 Å². The van der Waals surface area contributed by atoms with Crippen molar-refractivity contribution in [2.24, 2.45) is 0 Å². The molecule has 0 aliphatic heterocycles. The Morgan fingerprint density at radius 2 is 1.90 bits per heavy atom. The second-order valence-corrected chi connectivity index (χ2v) is 6.54.